The second-order valence-electron chi connectivity index (χ2n) is 2.67. The monoisotopic (exact) mass is 163 g/mol. The zero-order valence-electron chi connectivity index (χ0n) is 6.85. The van der Waals surface area contributed by atoms with Gasteiger partial charge >= 0.3 is 0 Å². The third-order valence-corrected chi connectivity index (χ3v) is 1.78. The third kappa shape index (κ3) is 1.94. The fourth-order valence-electron chi connectivity index (χ4n) is 1.00. The Morgan fingerprint density at radius 1 is 1.33 bits per heavy atom. The summed E-state index contributed by atoms with van der Waals surface area (Å²) in [6.45, 7) is 3.52. The van der Waals surface area contributed by atoms with Crippen molar-refractivity contribution in [3.8, 4) is 0 Å². The lowest BCUT2D eigenvalue weighted by Crippen LogP contribution is -2.25. The first-order chi connectivity index (χ1) is 5.75. The lowest BCUT2D eigenvalue weighted by molar-refractivity contribution is 0.163. The summed E-state index contributed by atoms with van der Waals surface area (Å²) < 4.78 is 0. The van der Waals surface area contributed by atoms with Crippen molar-refractivity contribution in [2.45, 2.75) is 12.1 Å². The van der Waals surface area contributed by atoms with Gasteiger partial charge in [0.2, 0.25) is 0 Å². The molecule has 0 bridgehead atoms. The van der Waals surface area contributed by atoms with E-state index in [2.05, 4.69) is 6.58 Å². The van der Waals surface area contributed by atoms with Gasteiger partial charge in [-0.2, -0.15) is 0 Å². The standard InChI is InChI=1S/C10H13NO/c1-2-9(11)10(12)8-6-4-3-5-7-8/h2-7,9-10,12H,1,11H2. The smallest absolute Gasteiger partial charge is 0.0976 e. The Balaban J connectivity index is 2.78. The van der Waals surface area contributed by atoms with E-state index in [1.165, 1.54) is 6.08 Å². The first-order valence-corrected chi connectivity index (χ1v) is 3.87. The van der Waals surface area contributed by atoms with Crippen molar-refractivity contribution >= 4 is 0 Å². The summed E-state index contributed by atoms with van der Waals surface area (Å²) in [6.07, 6.45) is 0.890. The van der Waals surface area contributed by atoms with Gasteiger partial charge in [0.25, 0.3) is 0 Å². The molecule has 3 N–H and O–H groups in total. The Morgan fingerprint density at radius 3 is 2.42 bits per heavy atom. The van der Waals surface area contributed by atoms with Crippen molar-refractivity contribution in [3.05, 3.63) is 48.6 Å². The van der Waals surface area contributed by atoms with Crippen LogP contribution in [-0.4, -0.2) is 11.1 Å². The van der Waals surface area contributed by atoms with E-state index < -0.39 is 12.1 Å². The number of nitrogens with two attached hydrogens (primary N) is 1. The van der Waals surface area contributed by atoms with Gasteiger partial charge in [0.1, 0.15) is 0 Å². The molecule has 0 heterocycles. The van der Waals surface area contributed by atoms with Crippen LogP contribution in [0.3, 0.4) is 0 Å². The van der Waals surface area contributed by atoms with Crippen LogP contribution in [0.25, 0.3) is 0 Å². The van der Waals surface area contributed by atoms with E-state index in [0.29, 0.717) is 0 Å². The maximum absolute atomic E-state index is 9.59. The molecule has 0 fully saturated rings. The molecule has 2 atom stereocenters. The van der Waals surface area contributed by atoms with E-state index in [1.54, 1.807) is 0 Å². The van der Waals surface area contributed by atoms with Crippen LogP contribution in [-0.2, 0) is 0 Å². The number of rotatable bonds is 3. The van der Waals surface area contributed by atoms with Gasteiger partial charge in [0.05, 0.1) is 12.1 Å². The highest BCUT2D eigenvalue weighted by molar-refractivity contribution is 5.19. The van der Waals surface area contributed by atoms with E-state index in [4.69, 9.17) is 5.73 Å². The van der Waals surface area contributed by atoms with Crippen LogP contribution in [0.4, 0.5) is 0 Å². The normalized spacial score (nSPS) is 15.2. The topological polar surface area (TPSA) is 46.2 Å². The van der Waals surface area contributed by atoms with Crippen LogP contribution >= 0.6 is 0 Å². The summed E-state index contributed by atoms with van der Waals surface area (Å²) in [5, 5.41) is 9.59. The maximum atomic E-state index is 9.59. The van der Waals surface area contributed by atoms with Crippen LogP contribution in [0.15, 0.2) is 43.0 Å². The SMILES string of the molecule is C=CC(N)C(O)c1ccccc1. The third-order valence-electron chi connectivity index (χ3n) is 1.78. The molecule has 12 heavy (non-hydrogen) atoms. The first-order valence-electron chi connectivity index (χ1n) is 3.87. The van der Waals surface area contributed by atoms with Crippen molar-refractivity contribution in [3.63, 3.8) is 0 Å². The Hall–Kier alpha value is -1.12. The largest absolute Gasteiger partial charge is 0.386 e. The second kappa shape index (κ2) is 4.04. The maximum Gasteiger partial charge on any atom is 0.0976 e. The van der Waals surface area contributed by atoms with E-state index in [1.807, 2.05) is 30.3 Å². The minimum absolute atomic E-state index is 0.396. The molecule has 64 valence electrons. The molecule has 2 nitrogen and oxygen atoms in total. The zero-order chi connectivity index (χ0) is 8.97. The van der Waals surface area contributed by atoms with E-state index in [-0.39, 0.29) is 0 Å². The summed E-state index contributed by atoms with van der Waals surface area (Å²) in [5.74, 6) is 0. The number of benzene rings is 1. The molecule has 0 aliphatic carbocycles. The van der Waals surface area contributed by atoms with Gasteiger partial charge in [0, 0.05) is 0 Å². The molecule has 2 unspecified atom stereocenters. The molecule has 0 radical (unpaired) electrons. The predicted octanol–water partition coefficient (Wildman–Crippen LogP) is 1.23. The number of aliphatic hydroxyl groups is 1. The van der Waals surface area contributed by atoms with Gasteiger partial charge in [0.15, 0.2) is 0 Å². The molecule has 0 aliphatic heterocycles. The fourth-order valence-corrected chi connectivity index (χ4v) is 1.00. The molecule has 1 rings (SSSR count). The summed E-state index contributed by atoms with van der Waals surface area (Å²) in [7, 11) is 0. The van der Waals surface area contributed by atoms with Gasteiger partial charge in [-0.05, 0) is 5.56 Å². The molecule has 2 heteroatoms. The van der Waals surface area contributed by atoms with E-state index in [0.717, 1.165) is 5.56 Å². The molecule has 1 aromatic rings. The quantitative estimate of drug-likeness (QED) is 0.658. The van der Waals surface area contributed by atoms with Crippen LogP contribution < -0.4 is 5.73 Å². The Kier molecular flexibility index (Phi) is 3.02. The van der Waals surface area contributed by atoms with E-state index >= 15 is 0 Å². The van der Waals surface area contributed by atoms with Crippen LogP contribution in [0.1, 0.15) is 11.7 Å². The minimum atomic E-state index is -0.649. The van der Waals surface area contributed by atoms with Gasteiger partial charge < -0.3 is 10.8 Å². The van der Waals surface area contributed by atoms with Gasteiger partial charge in [-0.3, -0.25) is 0 Å². The Morgan fingerprint density at radius 2 is 1.92 bits per heavy atom. The van der Waals surface area contributed by atoms with Crippen molar-refractivity contribution in [2.75, 3.05) is 0 Å². The highest BCUT2D eigenvalue weighted by atomic mass is 16.3. The zero-order valence-corrected chi connectivity index (χ0v) is 6.85. The Bertz CT molecular complexity index is 245. The molecule has 0 saturated heterocycles. The highest BCUT2D eigenvalue weighted by Gasteiger charge is 2.12. The van der Waals surface area contributed by atoms with Crippen LogP contribution in [0.5, 0.6) is 0 Å². The van der Waals surface area contributed by atoms with Gasteiger partial charge in [-0.1, -0.05) is 36.4 Å². The molecular weight excluding hydrogens is 150 g/mol. The lowest BCUT2D eigenvalue weighted by atomic mass is 10.0. The van der Waals surface area contributed by atoms with Crippen LogP contribution in [0.2, 0.25) is 0 Å². The average Bonchev–Trinajstić information content (AvgIpc) is 2.17. The predicted molar refractivity (Wildman–Crippen MR) is 49.6 cm³/mol. The molecule has 0 aromatic heterocycles. The molecule has 0 spiro atoms. The minimum Gasteiger partial charge on any atom is -0.386 e. The molecule has 0 aliphatic rings. The van der Waals surface area contributed by atoms with Gasteiger partial charge in [-0.15, -0.1) is 6.58 Å². The molecular formula is C10H13NO. The van der Waals surface area contributed by atoms with Gasteiger partial charge in [-0.25, -0.2) is 0 Å². The number of hydrogen-bond donors (Lipinski definition) is 2. The van der Waals surface area contributed by atoms with Crippen molar-refractivity contribution in [2.24, 2.45) is 5.73 Å². The van der Waals surface area contributed by atoms with Crippen LogP contribution in [0, 0.1) is 0 Å². The summed E-state index contributed by atoms with van der Waals surface area (Å²) in [6, 6.07) is 8.92. The van der Waals surface area contributed by atoms with Crippen molar-refractivity contribution < 1.29 is 5.11 Å². The molecule has 1 aromatic carbocycles. The van der Waals surface area contributed by atoms with E-state index in [9.17, 15) is 5.11 Å². The highest BCUT2D eigenvalue weighted by Crippen LogP contribution is 2.14. The average molecular weight is 163 g/mol. The Labute approximate surface area is 72.3 Å². The number of aliphatic hydroxyl groups excluding tert-OH is 1. The second-order valence-corrected chi connectivity index (χ2v) is 2.67. The molecule has 0 amide bonds. The summed E-state index contributed by atoms with van der Waals surface area (Å²) in [4.78, 5) is 0. The summed E-state index contributed by atoms with van der Waals surface area (Å²) in [5.41, 5.74) is 6.40. The lowest BCUT2D eigenvalue weighted by Gasteiger charge is -2.14. The van der Waals surface area contributed by atoms with Crippen molar-refractivity contribution in [1.29, 1.82) is 0 Å². The summed E-state index contributed by atoms with van der Waals surface area (Å²) >= 11 is 0. The van der Waals surface area contributed by atoms with Crippen molar-refractivity contribution in [1.82, 2.24) is 0 Å². The number of hydrogen-bond acceptors (Lipinski definition) is 2. The fraction of sp³-hybridized carbons (Fsp3) is 0.200. The first kappa shape index (κ1) is 8.97. The molecule has 0 saturated carbocycles.